The van der Waals surface area contributed by atoms with Crippen molar-refractivity contribution in [2.75, 3.05) is 12.4 Å². The van der Waals surface area contributed by atoms with Crippen molar-refractivity contribution in [1.82, 2.24) is 19.6 Å². The van der Waals surface area contributed by atoms with Gasteiger partial charge in [0.1, 0.15) is 5.75 Å². The van der Waals surface area contributed by atoms with Gasteiger partial charge in [0, 0.05) is 22.4 Å². The van der Waals surface area contributed by atoms with Crippen LogP contribution >= 0.6 is 23.4 Å². The summed E-state index contributed by atoms with van der Waals surface area (Å²) in [5, 5.41) is 4.08. The Morgan fingerprint density at radius 2 is 1.96 bits per heavy atom. The standard InChI is InChI=1S/C20H17ClN4O2S/c1-13-11-15(21)7-8-16(13)27-9-10-28-20-23-19(14-5-3-2-4-6-14)22-17-12-18(26)24-25(17)20/h2-8,11-12H,9-10H2,1H3,(H,24,26). The van der Waals surface area contributed by atoms with Gasteiger partial charge in [-0.15, -0.1) is 0 Å². The quantitative estimate of drug-likeness (QED) is 0.379. The van der Waals surface area contributed by atoms with Crippen LogP contribution in [0, 0.1) is 6.92 Å². The molecular weight excluding hydrogens is 396 g/mol. The highest BCUT2D eigenvalue weighted by Gasteiger charge is 2.11. The second-order valence-electron chi connectivity index (χ2n) is 6.12. The number of fused-ring (bicyclic) bond motifs is 1. The third kappa shape index (κ3) is 4.05. The topological polar surface area (TPSA) is 72.3 Å². The molecule has 0 spiro atoms. The first-order valence-electron chi connectivity index (χ1n) is 8.67. The van der Waals surface area contributed by atoms with Crippen LogP contribution in [-0.4, -0.2) is 31.9 Å². The summed E-state index contributed by atoms with van der Waals surface area (Å²) >= 11 is 7.47. The monoisotopic (exact) mass is 412 g/mol. The Bertz CT molecular complexity index is 1170. The third-order valence-corrected chi connectivity index (χ3v) is 5.20. The lowest BCUT2D eigenvalue weighted by Gasteiger charge is -2.10. The smallest absolute Gasteiger partial charge is 0.266 e. The van der Waals surface area contributed by atoms with E-state index in [1.54, 1.807) is 4.52 Å². The normalized spacial score (nSPS) is 11.1. The van der Waals surface area contributed by atoms with Gasteiger partial charge in [-0.25, -0.2) is 14.5 Å². The lowest BCUT2D eigenvalue weighted by Crippen LogP contribution is -2.07. The number of H-pyrrole nitrogens is 1. The number of aryl methyl sites for hydroxylation is 1. The fourth-order valence-electron chi connectivity index (χ4n) is 2.76. The van der Waals surface area contributed by atoms with E-state index in [0.29, 0.717) is 34.0 Å². The molecule has 0 bridgehead atoms. The Morgan fingerprint density at radius 3 is 2.75 bits per heavy atom. The van der Waals surface area contributed by atoms with Crippen molar-refractivity contribution in [3.63, 3.8) is 0 Å². The molecule has 0 atom stereocenters. The summed E-state index contributed by atoms with van der Waals surface area (Å²) in [5.41, 5.74) is 2.21. The molecule has 8 heteroatoms. The number of hydrogen-bond donors (Lipinski definition) is 1. The van der Waals surface area contributed by atoms with E-state index in [1.165, 1.54) is 17.8 Å². The van der Waals surface area contributed by atoms with Gasteiger partial charge < -0.3 is 4.74 Å². The van der Waals surface area contributed by atoms with Gasteiger partial charge >= 0.3 is 0 Å². The lowest BCUT2D eigenvalue weighted by molar-refractivity contribution is 0.341. The summed E-state index contributed by atoms with van der Waals surface area (Å²) in [6.07, 6.45) is 0. The molecule has 1 N–H and O–H groups in total. The van der Waals surface area contributed by atoms with E-state index in [9.17, 15) is 4.79 Å². The van der Waals surface area contributed by atoms with Crippen molar-refractivity contribution < 1.29 is 4.74 Å². The van der Waals surface area contributed by atoms with E-state index in [-0.39, 0.29) is 5.56 Å². The first kappa shape index (κ1) is 18.6. The zero-order chi connectivity index (χ0) is 19.5. The van der Waals surface area contributed by atoms with Gasteiger partial charge in [0.25, 0.3) is 5.56 Å². The minimum Gasteiger partial charge on any atom is -0.492 e. The summed E-state index contributed by atoms with van der Waals surface area (Å²) < 4.78 is 7.45. The molecule has 0 aliphatic heterocycles. The van der Waals surface area contributed by atoms with Crippen LogP contribution < -0.4 is 10.3 Å². The minimum atomic E-state index is -0.214. The molecule has 4 aromatic rings. The average Bonchev–Trinajstić information content (AvgIpc) is 3.07. The molecule has 0 radical (unpaired) electrons. The number of halogens is 1. The van der Waals surface area contributed by atoms with E-state index in [1.807, 2.05) is 55.5 Å². The molecule has 4 rings (SSSR count). The molecule has 2 heterocycles. The number of benzene rings is 2. The zero-order valence-corrected chi connectivity index (χ0v) is 16.6. The maximum Gasteiger partial charge on any atom is 0.266 e. The van der Waals surface area contributed by atoms with Crippen LogP contribution in [0.3, 0.4) is 0 Å². The SMILES string of the molecule is Cc1cc(Cl)ccc1OCCSc1nc(-c2ccccc2)nc2cc(=O)[nH]n12. The maximum absolute atomic E-state index is 11.8. The highest BCUT2D eigenvalue weighted by atomic mass is 35.5. The average molecular weight is 413 g/mol. The molecule has 0 fully saturated rings. The molecule has 2 aromatic heterocycles. The molecule has 28 heavy (non-hydrogen) atoms. The van der Waals surface area contributed by atoms with Gasteiger partial charge in [0.15, 0.2) is 16.6 Å². The van der Waals surface area contributed by atoms with Crippen LogP contribution in [0.25, 0.3) is 17.0 Å². The van der Waals surface area contributed by atoms with E-state index in [4.69, 9.17) is 16.3 Å². The predicted molar refractivity (Wildman–Crippen MR) is 111 cm³/mol. The van der Waals surface area contributed by atoms with E-state index < -0.39 is 0 Å². The van der Waals surface area contributed by atoms with Crippen LogP contribution in [0.15, 0.2) is 64.5 Å². The molecule has 6 nitrogen and oxygen atoms in total. The largest absolute Gasteiger partial charge is 0.492 e. The van der Waals surface area contributed by atoms with Gasteiger partial charge in [-0.3, -0.25) is 9.89 Å². The second kappa shape index (κ2) is 8.08. The predicted octanol–water partition coefficient (Wildman–Crippen LogP) is 4.22. The molecule has 0 saturated heterocycles. The fourth-order valence-corrected chi connectivity index (χ4v) is 3.75. The van der Waals surface area contributed by atoms with Crippen molar-refractivity contribution in [1.29, 1.82) is 0 Å². The van der Waals surface area contributed by atoms with Gasteiger partial charge in [-0.1, -0.05) is 53.7 Å². The number of nitrogens with zero attached hydrogens (tertiary/aromatic N) is 3. The van der Waals surface area contributed by atoms with Crippen molar-refractivity contribution >= 4 is 29.0 Å². The third-order valence-electron chi connectivity index (χ3n) is 4.07. The summed E-state index contributed by atoms with van der Waals surface area (Å²) in [6.45, 7) is 2.45. The van der Waals surface area contributed by atoms with Gasteiger partial charge in [0.05, 0.1) is 6.61 Å². The van der Waals surface area contributed by atoms with Crippen LogP contribution in [0.5, 0.6) is 5.75 Å². The fraction of sp³-hybridized carbons (Fsp3) is 0.150. The molecule has 0 aliphatic rings. The van der Waals surface area contributed by atoms with Crippen LogP contribution in [0.4, 0.5) is 0 Å². The first-order chi connectivity index (χ1) is 13.6. The van der Waals surface area contributed by atoms with Crippen molar-refractivity contribution in [3.8, 4) is 17.1 Å². The Labute approximate surface area is 170 Å². The summed E-state index contributed by atoms with van der Waals surface area (Å²) in [6, 6.07) is 16.7. The highest BCUT2D eigenvalue weighted by Crippen LogP contribution is 2.24. The van der Waals surface area contributed by atoms with Crippen LogP contribution in [-0.2, 0) is 0 Å². The Hall–Kier alpha value is -2.77. The van der Waals surface area contributed by atoms with E-state index in [2.05, 4.69) is 15.1 Å². The Kier molecular flexibility index (Phi) is 5.36. The summed E-state index contributed by atoms with van der Waals surface area (Å²) in [7, 11) is 0. The minimum absolute atomic E-state index is 0.214. The lowest BCUT2D eigenvalue weighted by atomic mass is 10.2. The number of hydrogen-bond acceptors (Lipinski definition) is 5. The van der Waals surface area contributed by atoms with Gasteiger partial charge in [-0.05, 0) is 30.7 Å². The van der Waals surface area contributed by atoms with Crippen LogP contribution in [0.2, 0.25) is 5.02 Å². The molecule has 0 unspecified atom stereocenters. The van der Waals surface area contributed by atoms with Crippen molar-refractivity contribution in [2.24, 2.45) is 0 Å². The zero-order valence-electron chi connectivity index (χ0n) is 15.1. The molecule has 142 valence electrons. The molecule has 0 aliphatic carbocycles. The Morgan fingerprint density at radius 1 is 1.14 bits per heavy atom. The van der Waals surface area contributed by atoms with Crippen LogP contribution in [0.1, 0.15) is 5.56 Å². The van der Waals surface area contributed by atoms with E-state index >= 15 is 0 Å². The molecule has 2 aromatic carbocycles. The van der Waals surface area contributed by atoms with E-state index in [0.717, 1.165) is 16.9 Å². The highest BCUT2D eigenvalue weighted by molar-refractivity contribution is 7.99. The summed E-state index contributed by atoms with van der Waals surface area (Å²) in [5.74, 6) is 2.04. The molecular formula is C20H17ClN4O2S. The van der Waals surface area contributed by atoms with Crippen molar-refractivity contribution in [3.05, 3.63) is 75.5 Å². The first-order valence-corrected chi connectivity index (χ1v) is 10.0. The number of thioether (sulfide) groups is 1. The number of aromatic nitrogens is 4. The number of aromatic amines is 1. The molecule has 0 amide bonds. The maximum atomic E-state index is 11.8. The Balaban J connectivity index is 1.53. The number of ether oxygens (including phenoxy) is 1. The number of nitrogens with one attached hydrogen (secondary N) is 1. The van der Waals surface area contributed by atoms with Gasteiger partial charge in [-0.2, -0.15) is 0 Å². The number of rotatable bonds is 6. The van der Waals surface area contributed by atoms with Gasteiger partial charge in [0.2, 0.25) is 0 Å². The van der Waals surface area contributed by atoms with Crippen molar-refractivity contribution in [2.45, 2.75) is 12.1 Å². The second-order valence-corrected chi connectivity index (χ2v) is 7.62. The molecule has 0 saturated carbocycles. The summed E-state index contributed by atoms with van der Waals surface area (Å²) in [4.78, 5) is 20.9.